The highest BCUT2D eigenvalue weighted by atomic mass is 15.1. The monoisotopic (exact) mass is 262 g/mol. The highest BCUT2D eigenvalue weighted by Crippen LogP contribution is 2.22. The molecule has 0 amide bonds. The third kappa shape index (κ3) is 4.63. The molecule has 2 nitrogen and oxygen atoms in total. The van der Waals surface area contributed by atoms with Gasteiger partial charge in [-0.3, -0.25) is 0 Å². The van der Waals surface area contributed by atoms with Crippen molar-refractivity contribution in [3.8, 4) is 0 Å². The maximum absolute atomic E-state index is 5.81. The van der Waals surface area contributed by atoms with Crippen molar-refractivity contribution < 1.29 is 0 Å². The lowest BCUT2D eigenvalue weighted by Gasteiger charge is -2.20. The fourth-order valence-electron chi connectivity index (χ4n) is 2.51. The number of nitrogens with zero attached hydrogens (tertiary/aromatic N) is 1. The van der Waals surface area contributed by atoms with E-state index in [4.69, 9.17) is 5.73 Å². The van der Waals surface area contributed by atoms with E-state index in [2.05, 4.69) is 52.6 Å². The van der Waals surface area contributed by atoms with Crippen LogP contribution in [-0.2, 0) is 6.42 Å². The molecule has 1 unspecified atom stereocenters. The van der Waals surface area contributed by atoms with E-state index >= 15 is 0 Å². The summed E-state index contributed by atoms with van der Waals surface area (Å²) in [5.41, 5.74) is 13.1. The molecule has 0 aliphatic heterocycles. The Hall–Kier alpha value is -0.860. The second kappa shape index (κ2) is 7.06. The Kier molecular flexibility index (Phi) is 6.02. The molecule has 0 fully saturated rings. The molecule has 108 valence electrons. The zero-order valence-electron chi connectivity index (χ0n) is 13.5. The summed E-state index contributed by atoms with van der Waals surface area (Å²) in [6, 6.07) is 2.60. The molecule has 0 bridgehead atoms. The normalized spacial score (nSPS) is 13.1. The second-order valence-corrected chi connectivity index (χ2v) is 6.06. The van der Waals surface area contributed by atoms with Crippen LogP contribution in [0.25, 0.3) is 0 Å². The van der Waals surface area contributed by atoms with Crippen molar-refractivity contribution in [1.29, 1.82) is 0 Å². The zero-order valence-corrected chi connectivity index (χ0v) is 13.5. The standard InChI is InChI=1S/C17H30N2/c1-12-11-13(2)16(5)17(15(12)4)8-10-19(6)9-7-14(3)18/h11,14H,7-10,18H2,1-6H3. The molecule has 2 N–H and O–H groups in total. The van der Waals surface area contributed by atoms with E-state index in [0.29, 0.717) is 6.04 Å². The van der Waals surface area contributed by atoms with Gasteiger partial charge in [-0.15, -0.1) is 0 Å². The predicted octanol–water partition coefficient (Wildman–Crippen LogP) is 3.13. The third-order valence-electron chi connectivity index (χ3n) is 4.23. The van der Waals surface area contributed by atoms with Gasteiger partial charge in [-0.2, -0.15) is 0 Å². The highest BCUT2D eigenvalue weighted by molar-refractivity contribution is 5.44. The Labute approximate surface area is 119 Å². The van der Waals surface area contributed by atoms with Gasteiger partial charge in [0, 0.05) is 12.6 Å². The van der Waals surface area contributed by atoms with Crippen molar-refractivity contribution in [2.24, 2.45) is 5.73 Å². The second-order valence-electron chi connectivity index (χ2n) is 6.06. The van der Waals surface area contributed by atoms with Crippen LogP contribution in [-0.4, -0.2) is 31.1 Å². The van der Waals surface area contributed by atoms with Gasteiger partial charge < -0.3 is 10.6 Å². The molecule has 1 atom stereocenters. The number of rotatable bonds is 6. The molecule has 0 aliphatic carbocycles. The zero-order chi connectivity index (χ0) is 14.6. The predicted molar refractivity (Wildman–Crippen MR) is 84.9 cm³/mol. The van der Waals surface area contributed by atoms with Gasteiger partial charge >= 0.3 is 0 Å². The third-order valence-corrected chi connectivity index (χ3v) is 4.23. The molecule has 1 aromatic rings. The molecule has 0 aromatic heterocycles. The number of nitrogens with two attached hydrogens (primary N) is 1. The van der Waals surface area contributed by atoms with Crippen molar-refractivity contribution in [3.05, 3.63) is 33.9 Å². The summed E-state index contributed by atoms with van der Waals surface area (Å²) in [4.78, 5) is 2.39. The molecule has 19 heavy (non-hydrogen) atoms. The van der Waals surface area contributed by atoms with Gasteiger partial charge in [-0.25, -0.2) is 0 Å². The molecule has 1 aromatic carbocycles. The van der Waals surface area contributed by atoms with Gasteiger partial charge in [0.1, 0.15) is 0 Å². The first-order valence-corrected chi connectivity index (χ1v) is 7.33. The van der Waals surface area contributed by atoms with Gasteiger partial charge in [0.2, 0.25) is 0 Å². The average Bonchev–Trinajstić information content (AvgIpc) is 2.34. The minimum absolute atomic E-state index is 0.298. The van der Waals surface area contributed by atoms with Crippen LogP contribution in [0.3, 0.4) is 0 Å². The summed E-state index contributed by atoms with van der Waals surface area (Å²) in [6.07, 6.45) is 2.21. The fourth-order valence-corrected chi connectivity index (χ4v) is 2.51. The highest BCUT2D eigenvalue weighted by Gasteiger charge is 2.09. The summed E-state index contributed by atoms with van der Waals surface area (Å²) in [7, 11) is 2.19. The van der Waals surface area contributed by atoms with Crippen molar-refractivity contribution >= 4 is 0 Å². The lowest BCUT2D eigenvalue weighted by molar-refractivity contribution is 0.324. The van der Waals surface area contributed by atoms with E-state index in [-0.39, 0.29) is 0 Å². The van der Waals surface area contributed by atoms with E-state index in [1.165, 1.54) is 27.8 Å². The SMILES string of the molecule is Cc1cc(C)c(C)c(CCN(C)CCC(C)N)c1C. The first-order chi connectivity index (χ1) is 8.82. The molecule has 0 saturated carbocycles. The van der Waals surface area contributed by atoms with Crippen molar-refractivity contribution in [2.45, 2.75) is 53.5 Å². The number of aryl methyl sites for hydroxylation is 2. The molecule has 0 aliphatic rings. The average molecular weight is 262 g/mol. The molecule has 0 saturated heterocycles. The van der Waals surface area contributed by atoms with Gasteiger partial charge in [-0.1, -0.05) is 6.07 Å². The van der Waals surface area contributed by atoms with Crippen LogP contribution >= 0.6 is 0 Å². The largest absolute Gasteiger partial charge is 0.328 e. The van der Waals surface area contributed by atoms with Crippen LogP contribution in [0.2, 0.25) is 0 Å². The number of benzene rings is 1. The summed E-state index contributed by atoms with van der Waals surface area (Å²) in [6.45, 7) is 13.2. The van der Waals surface area contributed by atoms with Crippen LogP contribution in [0.5, 0.6) is 0 Å². The molecular weight excluding hydrogens is 232 g/mol. The summed E-state index contributed by atoms with van der Waals surface area (Å²) in [5.74, 6) is 0. The Morgan fingerprint density at radius 1 is 1.05 bits per heavy atom. The van der Waals surface area contributed by atoms with Crippen molar-refractivity contribution in [2.75, 3.05) is 20.1 Å². The number of hydrogen-bond acceptors (Lipinski definition) is 2. The van der Waals surface area contributed by atoms with Crippen LogP contribution in [0.15, 0.2) is 6.07 Å². The lowest BCUT2D eigenvalue weighted by Crippen LogP contribution is -2.28. The Morgan fingerprint density at radius 2 is 1.58 bits per heavy atom. The minimum Gasteiger partial charge on any atom is -0.328 e. The van der Waals surface area contributed by atoms with E-state index in [9.17, 15) is 0 Å². The van der Waals surface area contributed by atoms with E-state index < -0.39 is 0 Å². The topological polar surface area (TPSA) is 29.3 Å². The van der Waals surface area contributed by atoms with Crippen LogP contribution in [0.4, 0.5) is 0 Å². The number of likely N-dealkylation sites (N-methyl/N-ethyl adjacent to an activating group) is 1. The van der Waals surface area contributed by atoms with Gasteiger partial charge in [0.05, 0.1) is 0 Å². The van der Waals surface area contributed by atoms with E-state index in [0.717, 1.165) is 25.9 Å². The minimum atomic E-state index is 0.298. The van der Waals surface area contributed by atoms with Crippen molar-refractivity contribution in [3.63, 3.8) is 0 Å². The van der Waals surface area contributed by atoms with Crippen LogP contribution in [0.1, 0.15) is 41.2 Å². The molecule has 1 rings (SSSR count). The lowest BCUT2D eigenvalue weighted by atomic mass is 9.92. The van der Waals surface area contributed by atoms with Crippen LogP contribution < -0.4 is 5.73 Å². The number of hydrogen-bond donors (Lipinski definition) is 1. The molecule has 0 heterocycles. The maximum atomic E-state index is 5.81. The van der Waals surface area contributed by atoms with Gasteiger partial charge in [-0.05, 0) is 88.9 Å². The molecule has 0 spiro atoms. The Morgan fingerprint density at radius 3 is 2.05 bits per heavy atom. The van der Waals surface area contributed by atoms with Crippen molar-refractivity contribution in [1.82, 2.24) is 4.90 Å². The molecular formula is C17H30N2. The Bertz CT molecular complexity index is 396. The quantitative estimate of drug-likeness (QED) is 0.853. The summed E-state index contributed by atoms with van der Waals surface area (Å²) < 4.78 is 0. The molecule has 2 heteroatoms. The van der Waals surface area contributed by atoms with Gasteiger partial charge in [0.25, 0.3) is 0 Å². The fraction of sp³-hybridized carbons (Fsp3) is 0.647. The van der Waals surface area contributed by atoms with Gasteiger partial charge in [0.15, 0.2) is 0 Å². The van der Waals surface area contributed by atoms with E-state index in [1.807, 2.05) is 0 Å². The smallest absolute Gasteiger partial charge is 0.00226 e. The molecule has 0 radical (unpaired) electrons. The maximum Gasteiger partial charge on any atom is 0.00226 e. The first-order valence-electron chi connectivity index (χ1n) is 7.33. The first kappa shape index (κ1) is 16.2. The summed E-state index contributed by atoms with van der Waals surface area (Å²) >= 11 is 0. The summed E-state index contributed by atoms with van der Waals surface area (Å²) in [5, 5.41) is 0. The van der Waals surface area contributed by atoms with E-state index in [1.54, 1.807) is 0 Å². The van der Waals surface area contributed by atoms with Crippen LogP contribution in [0, 0.1) is 27.7 Å². The Balaban J connectivity index is 2.67.